The van der Waals surface area contributed by atoms with Crippen LogP contribution in [0.4, 0.5) is 5.69 Å². The monoisotopic (exact) mass is 444 g/mol. The molecule has 0 aliphatic rings. The van der Waals surface area contributed by atoms with Gasteiger partial charge in [-0.2, -0.15) is 0 Å². The highest BCUT2D eigenvalue weighted by Gasteiger charge is 2.15. The first kappa shape index (κ1) is 23.7. The van der Waals surface area contributed by atoms with Crippen LogP contribution in [0.1, 0.15) is 71.9 Å². The van der Waals surface area contributed by atoms with E-state index in [9.17, 15) is 4.79 Å². The summed E-state index contributed by atoms with van der Waals surface area (Å²) in [5.74, 6) is -0.00325. The molecule has 0 aromatic heterocycles. The van der Waals surface area contributed by atoms with Crippen molar-refractivity contribution in [3.05, 3.63) is 100 Å². The van der Waals surface area contributed by atoms with Crippen LogP contribution in [0, 0.1) is 13.8 Å². The molecule has 2 N–H and O–H groups in total. The minimum atomic E-state index is -0.00325. The topological polar surface area (TPSA) is 41.1 Å². The number of aryl methyl sites for hydroxylation is 2. The fourth-order valence-electron chi connectivity index (χ4n) is 3.51. The van der Waals surface area contributed by atoms with Gasteiger partial charge < -0.3 is 10.6 Å². The Balaban J connectivity index is 1.68. The maximum atomic E-state index is 13.0. The minimum Gasteiger partial charge on any atom is -0.356 e. The van der Waals surface area contributed by atoms with Gasteiger partial charge in [-0.3, -0.25) is 4.79 Å². The van der Waals surface area contributed by atoms with Crippen LogP contribution < -0.4 is 10.6 Å². The van der Waals surface area contributed by atoms with E-state index in [-0.39, 0.29) is 17.2 Å². The lowest BCUT2D eigenvalue weighted by atomic mass is 9.86. The van der Waals surface area contributed by atoms with Crippen molar-refractivity contribution in [2.45, 2.75) is 53.0 Å². The Morgan fingerprint density at radius 2 is 1.56 bits per heavy atom. The van der Waals surface area contributed by atoms with Gasteiger partial charge in [-0.1, -0.05) is 75.4 Å². The molecule has 0 amide bonds. The summed E-state index contributed by atoms with van der Waals surface area (Å²) in [6.07, 6.45) is 0. The second kappa shape index (κ2) is 9.66. The number of ketones is 1. The lowest BCUT2D eigenvalue weighted by molar-refractivity contribution is 0.103. The summed E-state index contributed by atoms with van der Waals surface area (Å²) in [6.45, 7) is 12.8. The molecule has 3 nitrogen and oxygen atoms in total. The molecule has 3 rings (SSSR count). The Morgan fingerprint density at radius 1 is 0.875 bits per heavy atom. The molecule has 1 atom stereocenters. The van der Waals surface area contributed by atoms with Gasteiger partial charge in [0.1, 0.15) is 0 Å². The third kappa shape index (κ3) is 5.83. The molecule has 0 radical (unpaired) electrons. The van der Waals surface area contributed by atoms with Crippen molar-refractivity contribution in [3.63, 3.8) is 0 Å². The highest BCUT2D eigenvalue weighted by Crippen LogP contribution is 2.23. The average Bonchev–Trinajstić information content (AvgIpc) is 2.74. The number of anilines is 1. The molecule has 0 saturated heterocycles. The summed E-state index contributed by atoms with van der Waals surface area (Å²) in [4.78, 5) is 13.0. The van der Waals surface area contributed by atoms with Crippen molar-refractivity contribution >= 4 is 28.8 Å². The second-order valence-electron chi connectivity index (χ2n) is 9.40. The van der Waals surface area contributed by atoms with Gasteiger partial charge in [0.05, 0.1) is 6.04 Å². The highest BCUT2D eigenvalue weighted by atomic mass is 32.1. The van der Waals surface area contributed by atoms with E-state index in [1.807, 2.05) is 48.5 Å². The van der Waals surface area contributed by atoms with Crippen LogP contribution in [0.3, 0.4) is 0 Å². The maximum absolute atomic E-state index is 13.0. The van der Waals surface area contributed by atoms with Crippen molar-refractivity contribution < 1.29 is 4.79 Å². The molecule has 0 heterocycles. The van der Waals surface area contributed by atoms with Crippen molar-refractivity contribution in [2.75, 3.05) is 5.32 Å². The van der Waals surface area contributed by atoms with Crippen LogP contribution in [0.15, 0.2) is 66.7 Å². The summed E-state index contributed by atoms with van der Waals surface area (Å²) >= 11 is 5.52. The smallest absolute Gasteiger partial charge is 0.193 e. The maximum Gasteiger partial charge on any atom is 0.193 e. The van der Waals surface area contributed by atoms with E-state index in [0.717, 1.165) is 5.69 Å². The Labute approximate surface area is 197 Å². The van der Waals surface area contributed by atoms with Gasteiger partial charge in [0, 0.05) is 16.8 Å². The molecule has 0 fully saturated rings. The fourth-order valence-corrected chi connectivity index (χ4v) is 3.80. The van der Waals surface area contributed by atoms with Crippen LogP contribution in [-0.2, 0) is 5.41 Å². The van der Waals surface area contributed by atoms with E-state index >= 15 is 0 Å². The molecule has 0 spiro atoms. The van der Waals surface area contributed by atoms with Crippen LogP contribution in [0.5, 0.6) is 0 Å². The molecule has 3 aromatic carbocycles. The summed E-state index contributed by atoms with van der Waals surface area (Å²) < 4.78 is 0. The Morgan fingerprint density at radius 3 is 2.19 bits per heavy atom. The standard InChI is InChI=1S/C28H32N2OS/c1-18-10-11-22(16-19(18)2)20(3)29-27(32)30-25-9-7-8-23(17-25)26(31)21-12-14-24(15-13-21)28(4,5)6/h7-17,20H,1-6H3,(H2,29,30,32). The number of benzene rings is 3. The van der Waals surface area contributed by atoms with E-state index in [1.54, 1.807) is 0 Å². The number of carbonyl (C=O) groups is 1. The molecular weight excluding hydrogens is 412 g/mol. The lowest BCUT2D eigenvalue weighted by Gasteiger charge is -2.19. The minimum absolute atomic E-state index is 0.00325. The van der Waals surface area contributed by atoms with E-state index < -0.39 is 0 Å². The number of rotatable bonds is 5. The van der Waals surface area contributed by atoms with E-state index in [2.05, 4.69) is 70.4 Å². The number of carbonyl (C=O) groups excluding carboxylic acids is 1. The second-order valence-corrected chi connectivity index (χ2v) is 9.81. The first-order valence-electron chi connectivity index (χ1n) is 10.9. The summed E-state index contributed by atoms with van der Waals surface area (Å²) in [5.41, 5.74) is 7.07. The molecule has 1 unspecified atom stereocenters. The zero-order chi connectivity index (χ0) is 23.5. The molecule has 0 aliphatic carbocycles. The normalized spacial score (nSPS) is 12.2. The predicted octanol–water partition coefficient (Wildman–Crippen LogP) is 6.88. The predicted molar refractivity (Wildman–Crippen MR) is 139 cm³/mol. The molecule has 3 aromatic rings. The summed E-state index contributed by atoms with van der Waals surface area (Å²) in [6, 6.07) is 21.8. The summed E-state index contributed by atoms with van der Waals surface area (Å²) in [5, 5.41) is 7.06. The molecule has 4 heteroatoms. The number of thiocarbonyl (C=S) groups is 1. The molecule has 166 valence electrons. The Kier molecular flexibility index (Phi) is 7.15. The van der Waals surface area contributed by atoms with Crippen molar-refractivity contribution in [1.29, 1.82) is 0 Å². The van der Waals surface area contributed by atoms with E-state index in [1.165, 1.54) is 22.3 Å². The van der Waals surface area contributed by atoms with Crippen LogP contribution >= 0.6 is 12.2 Å². The van der Waals surface area contributed by atoms with Crippen molar-refractivity contribution in [2.24, 2.45) is 0 Å². The molecule has 0 aliphatic heterocycles. The van der Waals surface area contributed by atoms with Gasteiger partial charge in [-0.15, -0.1) is 0 Å². The van der Waals surface area contributed by atoms with Gasteiger partial charge >= 0.3 is 0 Å². The van der Waals surface area contributed by atoms with Crippen molar-refractivity contribution in [1.82, 2.24) is 5.32 Å². The van der Waals surface area contributed by atoms with Crippen LogP contribution in [0.2, 0.25) is 0 Å². The van der Waals surface area contributed by atoms with Gasteiger partial charge in [0.25, 0.3) is 0 Å². The Bertz CT molecular complexity index is 1130. The van der Waals surface area contributed by atoms with Gasteiger partial charge in [0.2, 0.25) is 0 Å². The largest absolute Gasteiger partial charge is 0.356 e. The zero-order valence-electron chi connectivity index (χ0n) is 19.7. The molecule has 32 heavy (non-hydrogen) atoms. The first-order valence-corrected chi connectivity index (χ1v) is 11.4. The lowest BCUT2D eigenvalue weighted by Crippen LogP contribution is -2.31. The zero-order valence-corrected chi connectivity index (χ0v) is 20.6. The quantitative estimate of drug-likeness (QED) is 0.332. The number of nitrogens with one attached hydrogen (secondary N) is 2. The third-order valence-electron chi connectivity index (χ3n) is 5.77. The molecule has 0 saturated carbocycles. The third-order valence-corrected chi connectivity index (χ3v) is 5.99. The SMILES string of the molecule is Cc1ccc(C(C)NC(=S)Nc2cccc(C(=O)c3ccc(C(C)(C)C)cc3)c2)cc1C. The summed E-state index contributed by atoms with van der Waals surface area (Å²) in [7, 11) is 0. The van der Waals surface area contributed by atoms with Crippen LogP contribution in [-0.4, -0.2) is 10.9 Å². The van der Waals surface area contributed by atoms with Crippen molar-refractivity contribution in [3.8, 4) is 0 Å². The first-order chi connectivity index (χ1) is 15.0. The van der Waals surface area contributed by atoms with Gasteiger partial charge in [-0.25, -0.2) is 0 Å². The average molecular weight is 445 g/mol. The molecular formula is C28H32N2OS. The van der Waals surface area contributed by atoms with Gasteiger partial charge in [-0.05, 0) is 72.8 Å². The Hall–Kier alpha value is -2.98. The van der Waals surface area contributed by atoms with E-state index in [4.69, 9.17) is 12.2 Å². The molecule has 0 bridgehead atoms. The number of hydrogen-bond donors (Lipinski definition) is 2. The van der Waals surface area contributed by atoms with Crippen LogP contribution in [0.25, 0.3) is 0 Å². The number of hydrogen-bond acceptors (Lipinski definition) is 2. The fraction of sp³-hybridized carbons (Fsp3) is 0.286. The van der Waals surface area contributed by atoms with Gasteiger partial charge in [0.15, 0.2) is 10.9 Å². The highest BCUT2D eigenvalue weighted by molar-refractivity contribution is 7.80. The van der Waals surface area contributed by atoms with E-state index in [0.29, 0.717) is 16.2 Å².